The minimum Gasteiger partial charge on any atom is -0.339 e. The maximum Gasteiger partial charge on any atom is 0.317 e. The molecule has 6 nitrogen and oxygen atoms in total. The van der Waals surface area contributed by atoms with Gasteiger partial charge >= 0.3 is 6.03 Å². The molecular weight excluding hydrogens is 232 g/mol. The van der Waals surface area contributed by atoms with E-state index in [0.717, 1.165) is 12.8 Å². The molecule has 1 heterocycles. The number of carbonyl (C=O) groups excluding carboxylic acids is 2. The molecule has 3 amide bonds. The van der Waals surface area contributed by atoms with Crippen LogP contribution in [0.4, 0.5) is 4.79 Å². The van der Waals surface area contributed by atoms with Crippen molar-refractivity contribution < 1.29 is 9.59 Å². The van der Waals surface area contributed by atoms with Gasteiger partial charge < -0.3 is 20.9 Å². The maximum atomic E-state index is 11.8. The summed E-state index contributed by atoms with van der Waals surface area (Å²) in [6.07, 6.45) is 2.31. The highest BCUT2D eigenvalue weighted by molar-refractivity contribution is 5.77. The number of unbranched alkanes of at least 4 members (excludes halogenated alkanes) is 1. The molecule has 0 atom stereocenters. The predicted octanol–water partition coefficient (Wildman–Crippen LogP) is -0.0109. The molecule has 1 saturated heterocycles. The molecular formula is C12H24N4O2. The van der Waals surface area contributed by atoms with Crippen LogP contribution in [0, 0.1) is 0 Å². The van der Waals surface area contributed by atoms with Crippen LogP contribution in [0.25, 0.3) is 0 Å². The highest BCUT2D eigenvalue weighted by atomic mass is 16.2. The van der Waals surface area contributed by atoms with Crippen molar-refractivity contribution in [2.45, 2.75) is 26.2 Å². The lowest BCUT2D eigenvalue weighted by molar-refractivity contribution is -0.132. The third-order valence-corrected chi connectivity index (χ3v) is 3.09. The van der Waals surface area contributed by atoms with Crippen LogP contribution in [0.3, 0.4) is 0 Å². The molecule has 0 aromatic rings. The first-order valence-corrected chi connectivity index (χ1v) is 6.69. The van der Waals surface area contributed by atoms with Crippen molar-refractivity contribution >= 4 is 11.9 Å². The summed E-state index contributed by atoms with van der Waals surface area (Å²) < 4.78 is 0. The monoisotopic (exact) mass is 256 g/mol. The maximum absolute atomic E-state index is 11.8. The Labute approximate surface area is 108 Å². The Morgan fingerprint density at radius 1 is 1.11 bits per heavy atom. The third-order valence-electron chi connectivity index (χ3n) is 3.09. The Kier molecular flexibility index (Phi) is 6.49. The fourth-order valence-electron chi connectivity index (χ4n) is 2.00. The number of hydrogen-bond acceptors (Lipinski definition) is 3. The quantitative estimate of drug-likeness (QED) is 0.679. The van der Waals surface area contributed by atoms with Crippen molar-refractivity contribution in [1.82, 2.24) is 15.1 Å². The first-order chi connectivity index (χ1) is 8.69. The lowest BCUT2D eigenvalue weighted by atomic mass is 10.2. The smallest absolute Gasteiger partial charge is 0.317 e. The molecule has 1 rings (SSSR count). The van der Waals surface area contributed by atoms with Gasteiger partial charge in [-0.3, -0.25) is 4.79 Å². The average molecular weight is 256 g/mol. The molecule has 0 unspecified atom stereocenters. The zero-order valence-electron chi connectivity index (χ0n) is 11.2. The van der Waals surface area contributed by atoms with Crippen molar-refractivity contribution in [2.75, 3.05) is 39.3 Å². The first-order valence-electron chi connectivity index (χ1n) is 6.69. The van der Waals surface area contributed by atoms with Crippen LogP contribution >= 0.6 is 0 Å². The molecule has 6 heteroatoms. The van der Waals surface area contributed by atoms with Gasteiger partial charge in [0.1, 0.15) is 0 Å². The van der Waals surface area contributed by atoms with Gasteiger partial charge in [-0.05, 0) is 26.3 Å². The van der Waals surface area contributed by atoms with Gasteiger partial charge in [-0.15, -0.1) is 0 Å². The van der Waals surface area contributed by atoms with E-state index in [1.807, 2.05) is 11.8 Å². The van der Waals surface area contributed by atoms with Crippen LogP contribution in [0.1, 0.15) is 26.2 Å². The van der Waals surface area contributed by atoms with Crippen LogP contribution in [-0.4, -0.2) is 61.0 Å². The van der Waals surface area contributed by atoms with Gasteiger partial charge in [-0.1, -0.05) is 0 Å². The minimum absolute atomic E-state index is 0.0345. The summed E-state index contributed by atoms with van der Waals surface area (Å²) >= 11 is 0. The number of nitrogens with one attached hydrogen (secondary N) is 1. The molecule has 104 valence electrons. The van der Waals surface area contributed by atoms with Crippen LogP contribution in [-0.2, 0) is 4.79 Å². The fourth-order valence-corrected chi connectivity index (χ4v) is 2.00. The zero-order valence-corrected chi connectivity index (χ0v) is 11.2. The van der Waals surface area contributed by atoms with Crippen molar-refractivity contribution in [3.63, 3.8) is 0 Å². The van der Waals surface area contributed by atoms with Crippen LogP contribution < -0.4 is 11.1 Å². The third kappa shape index (κ3) is 4.52. The Bertz CT molecular complexity index is 275. The molecule has 0 radical (unpaired) electrons. The van der Waals surface area contributed by atoms with E-state index in [1.165, 1.54) is 0 Å². The molecule has 0 saturated carbocycles. The second-order valence-electron chi connectivity index (χ2n) is 4.45. The largest absolute Gasteiger partial charge is 0.339 e. The summed E-state index contributed by atoms with van der Waals surface area (Å²) in [6.45, 7) is 5.69. The lowest BCUT2D eigenvalue weighted by Crippen LogP contribution is -2.53. The fraction of sp³-hybridized carbons (Fsp3) is 0.833. The van der Waals surface area contributed by atoms with E-state index in [4.69, 9.17) is 5.73 Å². The van der Waals surface area contributed by atoms with Crippen molar-refractivity contribution in [1.29, 1.82) is 0 Å². The number of nitrogens with two attached hydrogens (primary N) is 1. The second kappa shape index (κ2) is 7.92. The number of rotatable bonds is 5. The SMILES string of the molecule is CCNC(=O)N1CCN(C(=O)CCCCN)CC1. The summed E-state index contributed by atoms with van der Waals surface area (Å²) in [6, 6.07) is -0.0345. The zero-order chi connectivity index (χ0) is 13.4. The summed E-state index contributed by atoms with van der Waals surface area (Å²) in [7, 11) is 0. The molecule has 18 heavy (non-hydrogen) atoms. The van der Waals surface area contributed by atoms with E-state index in [0.29, 0.717) is 45.7 Å². The molecule has 0 aromatic carbocycles. The van der Waals surface area contributed by atoms with Crippen molar-refractivity contribution in [2.24, 2.45) is 5.73 Å². The molecule has 0 aromatic heterocycles. The highest BCUT2D eigenvalue weighted by Crippen LogP contribution is 2.06. The van der Waals surface area contributed by atoms with E-state index in [2.05, 4.69) is 5.32 Å². The van der Waals surface area contributed by atoms with E-state index in [1.54, 1.807) is 4.90 Å². The summed E-state index contributed by atoms with van der Waals surface area (Å²) in [5.41, 5.74) is 5.40. The molecule has 1 aliphatic heterocycles. The van der Waals surface area contributed by atoms with Crippen molar-refractivity contribution in [3.8, 4) is 0 Å². The minimum atomic E-state index is -0.0345. The Hall–Kier alpha value is -1.30. The highest BCUT2D eigenvalue weighted by Gasteiger charge is 2.23. The first kappa shape index (κ1) is 14.8. The number of urea groups is 1. The van der Waals surface area contributed by atoms with E-state index in [-0.39, 0.29) is 11.9 Å². The van der Waals surface area contributed by atoms with Gasteiger partial charge in [0.15, 0.2) is 0 Å². The number of piperazine rings is 1. The summed E-state index contributed by atoms with van der Waals surface area (Å²) in [4.78, 5) is 27.0. The number of carbonyl (C=O) groups is 2. The van der Waals surface area contributed by atoms with E-state index < -0.39 is 0 Å². The average Bonchev–Trinajstić information content (AvgIpc) is 2.39. The van der Waals surface area contributed by atoms with Gasteiger partial charge in [0.05, 0.1) is 0 Å². The number of nitrogens with zero attached hydrogens (tertiary/aromatic N) is 2. The Balaban J connectivity index is 2.26. The standard InChI is InChI=1S/C12H24N4O2/c1-2-14-12(18)16-9-7-15(8-10-16)11(17)5-3-4-6-13/h2-10,13H2,1H3,(H,14,18). The molecule has 1 aliphatic rings. The van der Waals surface area contributed by atoms with Gasteiger partial charge in [-0.2, -0.15) is 0 Å². The normalized spacial score (nSPS) is 15.7. The van der Waals surface area contributed by atoms with E-state index >= 15 is 0 Å². The molecule has 1 fully saturated rings. The topological polar surface area (TPSA) is 78.7 Å². The van der Waals surface area contributed by atoms with Crippen LogP contribution in [0.2, 0.25) is 0 Å². The molecule has 0 spiro atoms. The molecule has 0 bridgehead atoms. The predicted molar refractivity (Wildman–Crippen MR) is 70.1 cm³/mol. The Morgan fingerprint density at radius 3 is 2.28 bits per heavy atom. The van der Waals surface area contributed by atoms with Gasteiger partial charge in [0, 0.05) is 39.1 Å². The molecule has 0 aliphatic carbocycles. The van der Waals surface area contributed by atoms with Gasteiger partial charge in [-0.25, -0.2) is 4.79 Å². The van der Waals surface area contributed by atoms with Crippen LogP contribution in [0.5, 0.6) is 0 Å². The van der Waals surface area contributed by atoms with E-state index in [9.17, 15) is 9.59 Å². The Morgan fingerprint density at radius 2 is 1.72 bits per heavy atom. The van der Waals surface area contributed by atoms with Gasteiger partial charge in [0.2, 0.25) is 5.91 Å². The van der Waals surface area contributed by atoms with Crippen molar-refractivity contribution in [3.05, 3.63) is 0 Å². The number of hydrogen-bond donors (Lipinski definition) is 2. The lowest BCUT2D eigenvalue weighted by Gasteiger charge is -2.34. The van der Waals surface area contributed by atoms with Crippen LogP contribution in [0.15, 0.2) is 0 Å². The summed E-state index contributed by atoms with van der Waals surface area (Å²) in [5, 5.41) is 2.77. The second-order valence-corrected chi connectivity index (χ2v) is 4.45. The van der Waals surface area contributed by atoms with Gasteiger partial charge in [0.25, 0.3) is 0 Å². The number of amides is 3. The molecule has 3 N–H and O–H groups in total. The summed E-state index contributed by atoms with van der Waals surface area (Å²) in [5.74, 6) is 0.180.